The second kappa shape index (κ2) is 8.98. The van der Waals surface area contributed by atoms with Gasteiger partial charge in [-0.05, 0) is 25.6 Å². The number of allylic oxidation sites excluding steroid dienone is 1. The van der Waals surface area contributed by atoms with Crippen LogP contribution in [0, 0.1) is 5.41 Å². The van der Waals surface area contributed by atoms with E-state index in [4.69, 9.17) is 5.41 Å². The van der Waals surface area contributed by atoms with E-state index in [-0.39, 0.29) is 12.6 Å². The second-order valence-corrected chi connectivity index (χ2v) is 6.63. The summed E-state index contributed by atoms with van der Waals surface area (Å²) < 4.78 is 24.8. The Bertz CT molecular complexity index is 839. The Hall–Kier alpha value is -2.72. The van der Waals surface area contributed by atoms with Crippen molar-refractivity contribution >= 4 is 17.6 Å². The summed E-state index contributed by atoms with van der Waals surface area (Å²) in [6.07, 6.45) is 3.29. The lowest BCUT2D eigenvalue weighted by Gasteiger charge is -2.39. The van der Waals surface area contributed by atoms with E-state index in [0.29, 0.717) is 23.6 Å². The fourth-order valence-corrected chi connectivity index (χ4v) is 3.08. The summed E-state index contributed by atoms with van der Waals surface area (Å²) in [5.41, 5.74) is 0.501. The Morgan fingerprint density at radius 2 is 2.21 bits per heavy atom. The summed E-state index contributed by atoms with van der Waals surface area (Å²) in [6, 6.07) is 2.11. The molecule has 3 N–H and O–H groups in total. The number of nitrogens with one attached hydrogen (secondary N) is 2. The molecule has 0 spiro atoms. The number of imidazole rings is 1. The highest BCUT2D eigenvalue weighted by atomic mass is 19.3. The lowest BCUT2D eigenvalue weighted by molar-refractivity contribution is 0.170. The van der Waals surface area contributed by atoms with Crippen molar-refractivity contribution in [2.45, 2.75) is 18.9 Å². The van der Waals surface area contributed by atoms with Gasteiger partial charge < -0.3 is 15.0 Å². The number of nitrogens with zero attached hydrogens (tertiary/aromatic N) is 5. The van der Waals surface area contributed by atoms with E-state index in [2.05, 4.69) is 36.8 Å². The zero-order chi connectivity index (χ0) is 20.1. The number of H-pyrrole nitrogens is 1. The van der Waals surface area contributed by atoms with Crippen LogP contribution in [-0.4, -0.2) is 81.4 Å². The molecule has 1 saturated heterocycles. The number of likely N-dealkylation sites (N-methyl/N-ethyl adjacent to an activating group) is 1. The molecule has 2 aromatic heterocycles. The first kappa shape index (κ1) is 20.0. The Kier molecular flexibility index (Phi) is 6.42. The molecule has 1 aliphatic heterocycles. The average Bonchev–Trinajstić information content (AvgIpc) is 3.17. The monoisotopic (exact) mass is 391 g/mol. The summed E-state index contributed by atoms with van der Waals surface area (Å²) in [5.74, 6) is 1.15. The molecule has 1 atom stereocenters. The van der Waals surface area contributed by atoms with Gasteiger partial charge in [-0.2, -0.15) is 0 Å². The number of rotatable bonds is 7. The van der Waals surface area contributed by atoms with E-state index in [0.717, 1.165) is 31.5 Å². The van der Waals surface area contributed by atoms with Gasteiger partial charge in [0.1, 0.15) is 18.0 Å². The van der Waals surface area contributed by atoms with Gasteiger partial charge in [-0.1, -0.05) is 0 Å². The molecule has 0 amide bonds. The Morgan fingerprint density at radius 1 is 1.39 bits per heavy atom. The highest BCUT2D eigenvalue weighted by Gasteiger charge is 2.25. The lowest BCUT2D eigenvalue weighted by Crippen LogP contribution is -2.52. The van der Waals surface area contributed by atoms with E-state index in [1.165, 1.54) is 12.4 Å². The summed E-state index contributed by atoms with van der Waals surface area (Å²) in [4.78, 5) is 20.1. The second-order valence-electron chi connectivity index (χ2n) is 6.63. The first-order valence-electron chi connectivity index (χ1n) is 8.96. The van der Waals surface area contributed by atoms with Crippen molar-refractivity contribution in [1.82, 2.24) is 24.8 Å². The number of halogens is 2. The molecular formula is C18H23F2N7O. The molecule has 1 aliphatic rings. The minimum absolute atomic E-state index is 0.144. The van der Waals surface area contributed by atoms with E-state index in [9.17, 15) is 13.9 Å². The van der Waals surface area contributed by atoms with Crippen LogP contribution in [0.3, 0.4) is 0 Å². The molecule has 10 heteroatoms. The average molecular weight is 391 g/mol. The summed E-state index contributed by atoms with van der Waals surface area (Å²) >= 11 is 0. The number of aliphatic hydroxyl groups is 1. The third-order valence-corrected chi connectivity index (χ3v) is 4.74. The van der Waals surface area contributed by atoms with Crippen LogP contribution in [0.2, 0.25) is 0 Å². The highest BCUT2D eigenvalue weighted by molar-refractivity contribution is 5.97. The predicted molar refractivity (Wildman–Crippen MR) is 103 cm³/mol. The van der Waals surface area contributed by atoms with Crippen molar-refractivity contribution in [2.24, 2.45) is 0 Å². The predicted octanol–water partition coefficient (Wildman–Crippen LogP) is 1.67. The van der Waals surface area contributed by atoms with Crippen LogP contribution in [-0.2, 0) is 0 Å². The standard InChI is InChI=1S/C18H23F2N7O/c1-26-5-6-27(10-12(26)4-7-28)17-8-14(23-11-24-17)15-9-22-16(25-15)3-2-13(21)18(19)20/h2-3,8-9,11-12,18,21,28H,4-7,10H2,1H3,(H,22,25)/b3-2-,21-13?. The van der Waals surface area contributed by atoms with Gasteiger partial charge in [0.2, 0.25) is 0 Å². The van der Waals surface area contributed by atoms with E-state index < -0.39 is 12.1 Å². The van der Waals surface area contributed by atoms with Gasteiger partial charge in [0.25, 0.3) is 6.43 Å². The van der Waals surface area contributed by atoms with Gasteiger partial charge in [0, 0.05) is 38.3 Å². The first-order chi connectivity index (χ1) is 13.5. The molecule has 3 heterocycles. The number of aliphatic hydroxyl groups excluding tert-OH is 1. The molecule has 1 unspecified atom stereocenters. The summed E-state index contributed by atoms with van der Waals surface area (Å²) in [7, 11) is 2.05. The molecule has 0 aliphatic carbocycles. The van der Waals surface area contributed by atoms with Crippen LogP contribution in [0.15, 0.2) is 24.7 Å². The molecule has 0 saturated carbocycles. The number of hydrogen-bond donors (Lipinski definition) is 3. The molecule has 28 heavy (non-hydrogen) atoms. The number of aromatic amines is 1. The minimum atomic E-state index is -2.81. The summed E-state index contributed by atoms with van der Waals surface area (Å²) in [6.45, 7) is 2.60. The number of aromatic nitrogens is 4. The molecule has 150 valence electrons. The number of alkyl halides is 2. The molecule has 2 aromatic rings. The normalized spacial score (nSPS) is 18.3. The van der Waals surface area contributed by atoms with E-state index >= 15 is 0 Å². The van der Waals surface area contributed by atoms with Gasteiger partial charge >= 0.3 is 0 Å². The van der Waals surface area contributed by atoms with Gasteiger partial charge in [-0.3, -0.25) is 10.3 Å². The van der Waals surface area contributed by atoms with Crippen molar-refractivity contribution in [3.63, 3.8) is 0 Å². The van der Waals surface area contributed by atoms with Crippen molar-refractivity contribution in [1.29, 1.82) is 5.41 Å². The van der Waals surface area contributed by atoms with Gasteiger partial charge in [-0.25, -0.2) is 23.7 Å². The number of piperazine rings is 1. The number of hydrogen-bond acceptors (Lipinski definition) is 7. The first-order valence-corrected chi connectivity index (χ1v) is 8.96. The fourth-order valence-electron chi connectivity index (χ4n) is 3.08. The van der Waals surface area contributed by atoms with Gasteiger partial charge in [-0.15, -0.1) is 0 Å². The topological polar surface area (TPSA) is 105 Å². The van der Waals surface area contributed by atoms with Crippen molar-refractivity contribution in [3.8, 4) is 11.4 Å². The van der Waals surface area contributed by atoms with E-state index in [1.54, 1.807) is 6.20 Å². The zero-order valence-electron chi connectivity index (χ0n) is 15.5. The third kappa shape index (κ3) is 4.76. The van der Waals surface area contributed by atoms with Crippen molar-refractivity contribution < 1.29 is 13.9 Å². The lowest BCUT2D eigenvalue weighted by atomic mass is 10.1. The maximum Gasteiger partial charge on any atom is 0.279 e. The zero-order valence-corrected chi connectivity index (χ0v) is 15.5. The molecule has 0 radical (unpaired) electrons. The molecule has 8 nitrogen and oxygen atoms in total. The largest absolute Gasteiger partial charge is 0.396 e. The third-order valence-electron chi connectivity index (χ3n) is 4.74. The minimum Gasteiger partial charge on any atom is -0.396 e. The molecule has 3 rings (SSSR count). The van der Waals surface area contributed by atoms with Crippen LogP contribution in [0.4, 0.5) is 14.6 Å². The van der Waals surface area contributed by atoms with Crippen molar-refractivity contribution in [2.75, 3.05) is 38.2 Å². The van der Waals surface area contributed by atoms with Crippen molar-refractivity contribution in [3.05, 3.63) is 30.5 Å². The maximum absolute atomic E-state index is 12.4. The van der Waals surface area contributed by atoms with Crippen LogP contribution in [0.1, 0.15) is 12.2 Å². The molecule has 0 bridgehead atoms. The molecule has 0 aromatic carbocycles. The van der Waals surface area contributed by atoms with Gasteiger partial charge in [0.15, 0.2) is 0 Å². The van der Waals surface area contributed by atoms with Crippen LogP contribution >= 0.6 is 0 Å². The Balaban J connectivity index is 1.74. The quantitative estimate of drug-likeness (QED) is 0.620. The summed E-state index contributed by atoms with van der Waals surface area (Å²) in [5, 5.41) is 16.4. The van der Waals surface area contributed by atoms with Crippen LogP contribution in [0.5, 0.6) is 0 Å². The van der Waals surface area contributed by atoms with Crippen LogP contribution in [0.25, 0.3) is 17.5 Å². The molecule has 1 fully saturated rings. The van der Waals surface area contributed by atoms with Crippen LogP contribution < -0.4 is 4.90 Å². The fraction of sp³-hybridized carbons (Fsp3) is 0.444. The van der Waals surface area contributed by atoms with E-state index in [1.807, 2.05) is 6.07 Å². The highest BCUT2D eigenvalue weighted by Crippen LogP contribution is 2.22. The Morgan fingerprint density at radius 3 is 2.96 bits per heavy atom. The smallest absolute Gasteiger partial charge is 0.279 e. The maximum atomic E-state index is 12.4. The molecular weight excluding hydrogens is 368 g/mol. The number of anilines is 1. The Labute approximate surface area is 161 Å². The van der Waals surface area contributed by atoms with Gasteiger partial charge in [0.05, 0.1) is 23.3 Å². The SMILES string of the molecule is CN1CCN(c2cc(-c3cnc(/C=C\C(=N)C(F)F)[nH]3)ncn2)CC1CCO.